The first kappa shape index (κ1) is 39.1. The van der Waals surface area contributed by atoms with Crippen molar-refractivity contribution in [1.82, 2.24) is 0 Å². The number of carbonyl (C=O) groups excluding carboxylic acids is 2. The van der Waals surface area contributed by atoms with Gasteiger partial charge >= 0.3 is 17.9 Å². The summed E-state index contributed by atoms with van der Waals surface area (Å²) in [6.07, 6.45) is 1.24. The van der Waals surface area contributed by atoms with Crippen LogP contribution in [0.15, 0.2) is 146 Å². The zero-order valence-electron chi connectivity index (χ0n) is 30.8. The van der Waals surface area contributed by atoms with E-state index in [1.807, 2.05) is 66.7 Å². The van der Waals surface area contributed by atoms with Crippen LogP contribution in [-0.2, 0) is 50.8 Å². The van der Waals surface area contributed by atoms with Crippen LogP contribution in [0.4, 0.5) is 0 Å². The van der Waals surface area contributed by atoms with Crippen molar-refractivity contribution in [2.45, 2.75) is 38.4 Å². The summed E-state index contributed by atoms with van der Waals surface area (Å²) in [6, 6.07) is 43.3. The van der Waals surface area contributed by atoms with Gasteiger partial charge in [0.15, 0.2) is 5.75 Å². The van der Waals surface area contributed by atoms with Crippen LogP contribution in [0.3, 0.4) is 0 Å². The monoisotopic (exact) mass is 752 g/mol. The molecule has 0 fully saturated rings. The van der Waals surface area contributed by atoms with Gasteiger partial charge in [0.05, 0.1) is 18.2 Å². The van der Waals surface area contributed by atoms with Crippen LogP contribution in [0.2, 0.25) is 0 Å². The minimum Gasteiger partial charge on any atom is -0.478 e. The predicted molar refractivity (Wildman–Crippen MR) is 207 cm³/mol. The summed E-state index contributed by atoms with van der Waals surface area (Å²) in [7, 11) is 1.30. The van der Waals surface area contributed by atoms with Crippen molar-refractivity contribution in [2.24, 2.45) is 0 Å². The summed E-state index contributed by atoms with van der Waals surface area (Å²) in [5.74, 6) is -2.05. The van der Waals surface area contributed by atoms with Gasteiger partial charge in [-0.2, -0.15) is 4.89 Å². The van der Waals surface area contributed by atoms with Crippen molar-refractivity contribution in [1.29, 1.82) is 0 Å². The molecule has 10 nitrogen and oxygen atoms in total. The van der Waals surface area contributed by atoms with E-state index in [4.69, 9.17) is 19.2 Å². The molecule has 0 amide bonds. The second-order valence-corrected chi connectivity index (χ2v) is 13.3. The third kappa shape index (κ3) is 9.37. The fourth-order valence-corrected chi connectivity index (χ4v) is 6.48. The minimum atomic E-state index is -1.26. The van der Waals surface area contributed by atoms with Crippen molar-refractivity contribution in [2.75, 3.05) is 7.11 Å². The summed E-state index contributed by atoms with van der Waals surface area (Å²) >= 11 is 0. The largest absolute Gasteiger partial charge is 0.478 e. The smallest absolute Gasteiger partial charge is 0.344 e. The van der Waals surface area contributed by atoms with Gasteiger partial charge < -0.3 is 19.5 Å². The second kappa shape index (κ2) is 18.2. The molecule has 1 atom stereocenters. The molecule has 6 rings (SSSR count). The third-order valence-corrected chi connectivity index (χ3v) is 9.56. The highest BCUT2D eigenvalue weighted by atomic mass is 17.2. The molecule has 10 heteroatoms. The van der Waals surface area contributed by atoms with E-state index in [1.54, 1.807) is 49.4 Å². The van der Waals surface area contributed by atoms with E-state index in [-0.39, 0.29) is 30.1 Å². The molecule has 0 saturated heterocycles. The van der Waals surface area contributed by atoms with E-state index in [0.717, 1.165) is 39.8 Å². The standard InChI is InChI=1S/C46H40O10/c1-46(45(50)52-2,37-16-20-39(21-17-37)55-44(49)41-24-14-34(28-42(41)43(47)48)26-32-11-7-4-8-12-32)38-18-22-40(23-19-38)56-54-30-35-15-13-33(27-36(35)29-53-51)25-31-9-5-3-6-10-31/h3-24,27-28,51H,25-26,29-30H2,1-2H3,(H,47,48). The zero-order valence-corrected chi connectivity index (χ0v) is 30.8. The molecule has 6 aromatic rings. The van der Waals surface area contributed by atoms with Gasteiger partial charge in [-0.1, -0.05) is 109 Å². The number of hydrogen-bond donors (Lipinski definition) is 2. The van der Waals surface area contributed by atoms with Crippen LogP contribution in [0, 0.1) is 0 Å². The number of aromatic carboxylic acids is 1. The number of hydrogen-bond acceptors (Lipinski definition) is 9. The normalized spacial score (nSPS) is 12.0. The van der Waals surface area contributed by atoms with Crippen LogP contribution >= 0.6 is 0 Å². The third-order valence-electron chi connectivity index (χ3n) is 9.56. The molecule has 0 heterocycles. The van der Waals surface area contributed by atoms with Crippen LogP contribution < -0.4 is 9.62 Å². The highest BCUT2D eigenvalue weighted by molar-refractivity contribution is 6.03. The Morgan fingerprint density at radius 1 is 0.589 bits per heavy atom. The fraction of sp³-hybridized carbons (Fsp3) is 0.152. The van der Waals surface area contributed by atoms with Crippen LogP contribution in [-0.4, -0.2) is 35.4 Å². The molecule has 56 heavy (non-hydrogen) atoms. The molecule has 0 spiro atoms. The maximum atomic E-state index is 13.3. The van der Waals surface area contributed by atoms with Crippen molar-refractivity contribution >= 4 is 17.9 Å². The highest BCUT2D eigenvalue weighted by Gasteiger charge is 2.38. The summed E-state index contributed by atoms with van der Waals surface area (Å²) in [6.45, 7) is 1.79. The van der Waals surface area contributed by atoms with E-state index < -0.39 is 23.3 Å². The Morgan fingerprint density at radius 2 is 1.14 bits per heavy atom. The Labute approximate surface area is 324 Å². The van der Waals surface area contributed by atoms with E-state index in [9.17, 15) is 24.7 Å². The van der Waals surface area contributed by atoms with Crippen molar-refractivity contribution in [3.63, 3.8) is 0 Å². The Balaban J connectivity index is 1.11. The average molecular weight is 753 g/mol. The minimum absolute atomic E-state index is 0.0133. The van der Waals surface area contributed by atoms with E-state index in [0.29, 0.717) is 23.3 Å². The molecule has 0 saturated carbocycles. The number of carboxylic acids is 1. The fourth-order valence-electron chi connectivity index (χ4n) is 6.48. The molecule has 0 aliphatic carbocycles. The number of carboxylic acid groups (broad SMARTS) is 1. The summed E-state index contributed by atoms with van der Waals surface area (Å²) in [4.78, 5) is 54.2. The number of methoxy groups -OCH3 is 1. The van der Waals surface area contributed by atoms with Crippen molar-refractivity contribution in [3.05, 3.63) is 201 Å². The van der Waals surface area contributed by atoms with E-state index in [1.165, 1.54) is 31.4 Å². The molecule has 1 unspecified atom stereocenters. The van der Waals surface area contributed by atoms with Crippen molar-refractivity contribution < 1.29 is 48.9 Å². The number of rotatable bonds is 16. The first-order chi connectivity index (χ1) is 27.2. The summed E-state index contributed by atoms with van der Waals surface area (Å²) in [5, 5.41) is 19.1. The Kier molecular flexibility index (Phi) is 12.7. The average Bonchev–Trinajstić information content (AvgIpc) is 3.22. The van der Waals surface area contributed by atoms with Gasteiger partial charge in [-0.05, 0) is 101 Å². The molecule has 0 aliphatic rings. The lowest BCUT2D eigenvalue weighted by molar-refractivity contribution is -0.253. The van der Waals surface area contributed by atoms with Crippen LogP contribution in [0.1, 0.15) is 72.1 Å². The topological polar surface area (TPSA) is 138 Å². The molecule has 284 valence electrons. The van der Waals surface area contributed by atoms with Gasteiger partial charge in [0, 0.05) is 0 Å². The predicted octanol–water partition coefficient (Wildman–Crippen LogP) is 8.76. The van der Waals surface area contributed by atoms with Crippen LogP contribution in [0.25, 0.3) is 0 Å². The molecule has 6 aromatic carbocycles. The number of carbonyl (C=O) groups is 3. The maximum Gasteiger partial charge on any atom is 0.344 e. The summed E-state index contributed by atoms with van der Waals surface area (Å²) < 4.78 is 10.8. The van der Waals surface area contributed by atoms with Gasteiger partial charge in [0.1, 0.15) is 24.4 Å². The first-order valence-corrected chi connectivity index (χ1v) is 17.8. The first-order valence-electron chi connectivity index (χ1n) is 17.8. The Morgan fingerprint density at radius 3 is 1.70 bits per heavy atom. The zero-order chi connectivity index (χ0) is 39.5. The highest BCUT2D eigenvalue weighted by Crippen LogP contribution is 2.35. The molecule has 0 aromatic heterocycles. The Bertz CT molecular complexity index is 2270. The molecular weight excluding hydrogens is 712 g/mol. The second-order valence-electron chi connectivity index (χ2n) is 13.3. The Hall–Kier alpha value is -6.59. The lowest BCUT2D eigenvalue weighted by Gasteiger charge is -2.28. The number of ether oxygens (including phenoxy) is 2. The molecular formula is C46H40O10. The van der Waals surface area contributed by atoms with E-state index in [2.05, 4.69) is 17.0 Å². The number of esters is 2. The SMILES string of the molecule is COC(=O)C(C)(c1ccc(OOCc2ccc(Cc3ccccc3)cc2COO)cc1)c1ccc(OC(=O)c2ccc(Cc3ccccc3)cc2C(=O)O)cc1. The quantitative estimate of drug-likeness (QED) is 0.0427. The van der Waals surface area contributed by atoms with Crippen molar-refractivity contribution in [3.8, 4) is 11.5 Å². The van der Waals surface area contributed by atoms with Gasteiger partial charge in [-0.15, -0.1) is 0 Å². The molecule has 0 bridgehead atoms. The van der Waals surface area contributed by atoms with Gasteiger partial charge in [-0.25, -0.2) is 14.5 Å². The number of benzene rings is 6. The van der Waals surface area contributed by atoms with Gasteiger partial charge in [0.2, 0.25) is 0 Å². The van der Waals surface area contributed by atoms with Gasteiger partial charge in [0.25, 0.3) is 0 Å². The van der Waals surface area contributed by atoms with Crippen LogP contribution in [0.5, 0.6) is 11.5 Å². The van der Waals surface area contributed by atoms with Gasteiger partial charge in [-0.3, -0.25) is 10.1 Å². The molecule has 2 N–H and O–H groups in total. The molecule has 0 aliphatic heterocycles. The van der Waals surface area contributed by atoms with E-state index >= 15 is 0 Å². The lowest BCUT2D eigenvalue weighted by atomic mass is 9.76. The maximum absolute atomic E-state index is 13.3. The summed E-state index contributed by atoms with van der Waals surface area (Å²) in [5.41, 5.74) is 5.15. The lowest BCUT2D eigenvalue weighted by Crippen LogP contribution is -2.35. The molecule has 0 radical (unpaired) electrons.